The number of aromatic nitrogens is 1. The molecule has 1 aromatic carbocycles. The number of aliphatic carboxylic acids is 1. The number of ether oxygens (including phenoxy) is 1. The average molecular weight is 585 g/mol. The molecular formula is C24H27BrF2N4O4S. The smallest absolute Gasteiger partial charge is 0.335 e. The van der Waals surface area contributed by atoms with Crippen LogP contribution in [0.25, 0.3) is 0 Å². The van der Waals surface area contributed by atoms with Gasteiger partial charge in [0.25, 0.3) is 0 Å². The zero-order valence-corrected chi connectivity index (χ0v) is 22.1. The van der Waals surface area contributed by atoms with Crippen LogP contribution in [0.5, 0.6) is 0 Å². The highest BCUT2D eigenvalue weighted by Gasteiger charge is 2.42. The molecule has 0 radical (unpaired) electrons. The highest BCUT2D eigenvalue weighted by Crippen LogP contribution is 2.31. The lowest BCUT2D eigenvalue weighted by atomic mass is 9.91. The Hall–Kier alpha value is -2.70. The Morgan fingerprint density at radius 3 is 2.81 bits per heavy atom. The third-order valence-electron chi connectivity index (χ3n) is 5.56. The van der Waals surface area contributed by atoms with Gasteiger partial charge < -0.3 is 15.2 Å². The Balaban J connectivity index is 1.76. The minimum absolute atomic E-state index is 0.0157. The summed E-state index contributed by atoms with van der Waals surface area (Å²) in [6, 6.07) is 3.32. The van der Waals surface area contributed by atoms with Crippen LogP contribution in [0.2, 0.25) is 0 Å². The number of rotatable bonds is 12. The summed E-state index contributed by atoms with van der Waals surface area (Å²) in [5.74, 6) is -1.66. The first-order chi connectivity index (χ1) is 17.1. The number of nitrogens with zero attached hydrogens (tertiary/aromatic N) is 3. The Morgan fingerprint density at radius 2 is 2.19 bits per heavy atom. The lowest BCUT2D eigenvalue weighted by molar-refractivity contribution is -0.139. The van der Waals surface area contributed by atoms with Gasteiger partial charge in [0, 0.05) is 42.1 Å². The molecule has 2 heterocycles. The SMILES string of the molecule is C=C(C(=O)OCC)[C@@H](NC(=NCCN1CC(F)(CCC(=O)O)C1)c1nccs1)c1ccc(F)cc1Br. The second-order valence-corrected chi connectivity index (χ2v) is 10.1. The van der Waals surface area contributed by atoms with Crippen LogP contribution in [-0.2, 0) is 14.3 Å². The summed E-state index contributed by atoms with van der Waals surface area (Å²) < 4.78 is 33.8. The summed E-state index contributed by atoms with van der Waals surface area (Å²) in [6.45, 7) is 6.83. The number of nitrogens with one attached hydrogen (secondary N) is 1. The zero-order chi connectivity index (χ0) is 26.3. The maximum Gasteiger partial charge on any atom is 0.335 e. The van der Waals surface area contributed by atoms with Crippen LogP contribution in [0, 0.1) is 5.82 Å². The lowest BCUT2D eigenvalue weighted by Crippen LogP contribution is -2.59. The number of aliphatic imine (C=N–C) groups is 1. The molecule has 3 rings (SSSR count). The number of alkyl halides is 1. The van der Waals surface area contributed by atoms with Crippen molar-refractivity contribution >= 4 is 45.0 Å². The Kier molecular flexibility index (Phi) is 9.69. The number of hydrogen-bond donors (Lipinski definition) is 2. The van der Waals surface area contributed by atoms with Gasteiger partial charge in [-0.25, -0.2) is 18.6 Å². The number of amidine groups is 1. The number of likely N-dealkylation sites (tertiary alicyclic amines) is 1. The molecule has 12 heteroatoms. The molecule has 0 amide bonds. The van der Waals surface area contributed by atoms with E-state index in [2.05, 4.69) is 37.8 Å². The van der Waals surface area contributed by atoms with Crippen molar-refractivity contribution in [2.75, 3.05) is 32.8 Å². The van der Waals surface area contributed by atoms with Gasteiger partial charge in [-0.15, -0.1) is 11.3 Å². The highest BCUT2D eigenvalue weighted by molar-refractivity contribution is 9.10. The fourth-order valence-electron chi connectivity index (χ4n) is 3.79. The molecule has 1 atom stereocenters. The summed E-state index contributed by atoms with van der Waals surface area (Å²) in [6.07, 6.45) is 1.40. The zero-order valence-electron chi connectivity index (χ0n) is 19.7. The van der Waals surface area contributed by atoms with Crippen LogP contribution in [-0.4, -0.2) is 71.2 Å². The number of thiazole rings is 1. The number of benzene rings is 1. The van der Waals surface area contributed by atoms with E-state index in [0.29, 0.717) is 34.0 Å². The van der Waals surface area contributed by atoms with Gasteiger partial charge in [-0.3, -0.25) is 14.7 Å². The summed E-state index contributed by atoms with van der Waals surface area (Å²) in [4.78, 5) is 34.0. The third kappa shape index (κ3) is 7.40. The molecule has 0 unspecified atom stereocenters. The van der Waals surface area contributed by atoms with Crippen molar-refractivity contribution in [1.29, 1.82) is 0 Å². The highest BCUT2D eigenvalue weighted by atomic mass is 79.9. The van der Waals surface area contributed by atoms with Gasteiger partial charge in [-0.05, 0) is 31.0 Å². The monoisotopic (exact) mass is 584 g/mol. The molecule has 0 spiro atoms. The molecular weight excluding hydrogens is 558 g/mol. The Labute approximate surface area is 220 Å². The van der Waals surface area contributed by atoms with E-state index in [1.54, 1.807) is 24.6 Å². The van der Waals surface area contributed by atoms with Crippen LogP contribution in [0.3, 0.4) is 0 Å². The van der Waals surface area contributed by atoms with E-state index in [1.165, 1.54) is 23.5 Å². The molecule has 8 nitrogen and oxygen atoms in total. The van der Waals surface area contributed by atoms with E-state index in [1.807, 2.05) is 4.90 Å². The normalized spacial score (nSPS) is 16.2. The molecule has 36 heavy (non-hydrogen) atoms. The minimum Gasteiger partial charge on any atom is -0.481 e. The first-order valence-electron chi connectivity index (χ1n) is 11.3. The molecule has 1 aromatic heterocycles. The largest absolute Gasteiger partial charge is 0.481 e. The molecule has 1 aliphatic rings. The van der Waals surface area contributed by atoms with Crippen molar-refractivity contribution in [2.45, 2.75) is 31.5 Å². The second-order valence-electron chi connectivity index (χ2n) is 8.31. The second kappa shape index (κ2) is 12.5. The van der Waals surface area contributed by atoms with Crippen LogP contribution < -0.4 is 5.32 Å². The quantitative estimate of drug-likeness (QED) is 0.167. The maximum absolute atomic E-state index is 14.5. The van der Waals surface area contributed by atoms with Gasteiger partial charge in [-0.1, -0.05) is 28.6 Å². The fraction of sp³-hybridized carbons (Fsp3) is 0.417. The van der Waals surface area contributed by atoms with E-state index >= 15 is 0 Å². The predicted octanol–water partition coefficient (Wildman–Crippen LogP) is 4.13. The summed E-state index contributed by atoms with van der Waals surface area (Å²) >= 11 is 4.70. The van der Waals surface area contributed by atoms with Gasteiger partial charge >= 0.3 is 11.9 Å². The Bertz CT molecular complexity index is 1120. The molecule has 1 aliphatic heterocycles. The average Bonchev–Trinajstić information content (AvgIpc) is 3.34. The van der Waals surface area contributed by atoms with Crippen molar-refractivity contribution in [3.63, 3.8) is 0 Å². The molecule has 1 fully saturated rings. The molecule has 0 aliphatic carbocycles. The number of carbonyl (C=O) groups excluding carboxylic acids is 1. The third-order valence-corrected chi connectivity index (χ3v) is 7.03. The Morgan fingerprint density at radius 1 is 1.44 bits per heavy atom. The topological polar surface area (TPSA) is 104 Å². The first-order valence-corrected chi connectivity index (χ1v) is 12.9. The number of halogens is 3. The van der Waals surface area contributed by atoms with Crippen molar-refractivity contribution in [3.05, 3.63) is 62.8 Å². The maximum atomic E-state index is 14.5. The molecule has 0 saturated carbocycles. The summed E-state index contributed by atoms with van der Waals surface area (Å²) in [7, 11) is 0. The van der Waals surface area contributed by atoms with Crippen LogP contribution >= 0.6 is 27.3 Å². The van der Waals surface area contributed by atoms with Gasteiger partial charge in [0.2, 0.25) is 0 Å². The number of carboxylic acid groups (broad SMARTS) is 1. The number of hydrogen-bond acceptors (Lipinski definition) is 7. The van der Waals surface area contributed by atoms with Crippen LogP contribution in [0.1, 0.15) is 36.4 Å². The van der Waals surface area contributed by atoms with Gasteiger partial charge in [0.15, 0.2) is 10.8 Å². The van der Waals surface area contributed by atoms with E-state index in [4.69, 9.17) is 9.84 Å². The molecule has 0 bridgehead atoms. The number of esters is 1. The van der Waals surface area contributed by atoms with E-state index < -0.39 is 29.5 Å². The van der Waals surface area contributed by atoms with Crippen molar-refractivity contribution < 1.29 is 28.2 Å². The standard InChI is InChI=1S/C24H27BrF2N4O4S/c1-3-35-23(34)15(2)20(17-5-4-16(26)12-18(17)25)30-21(22-29-9-11-36-22)28-8-10-31-13-24(27,14-31)7-6-19(32)33/h4-5,9,11-12,20H,2-3,6-8,10,13-14H2,1H3,(H,28,30)(H,32,33)/t20-/m1/s1. The van der Waals surface area contributed by atoms with E-state index in [9.17, 15) is 18.4 Å². The van der Waals surface area contributed by atoms with Crippen molar-refractivity contribution in [2.24, 2.45) is 4.99 Å². The molecule has 2 N–H and O–H groups in total. The van der Waals surface area contributed by atoms with Gasteiger partial charge in [0.05, 0.1) is 24.8 Å². The van der Waals surface area contributed by atoms with Gasteiger partial charge in [0.1, 0.15) is 11.5 Å². The minimum atomic E-state index is -1.49. The van der Waals surface area contributed by atoms with E-state index in [0.717, 1.165) is 0 Å². The predicted molar refractivity (Wildman–Crippen MR) is 136 cm³/mol. The number of carbonyl (C=O) groups is 2. The van der Waals surface area contributed by atoms with Crippen LogP contribution in [0.4, 0.5) is 8.78 Å². The van der Waals surface area contributed by atoms with Crippen LogP contribution in [0.15, 0.2) is 51.4 Å². The van der Waals surface area contributed by atoms with Gasteiger partial charge in [-0.2, -0.15) is 0 Å². The molecule has 1 saturated heterocycles. The lowest BCUT2D eigenvalue weighted by Gasteiger charge is -2.44. The molecule has 194 valence electrons. The van der Waals surface area contributed by atoms with Crippen molar-refractivity contribution in [1.82, 2.24) is 15.2 Å². The number of carboxylic acids is 1. The molecule has 2 aromatic rings. The summed E-state index contributed by atoms with van der Waals surface area (Å²) in [5, 5.41) is 14.3. The van der Waals surface area contributed by atoms with Crippen molar-refractivity contribution in [3.8, 4) is 0 Å². The summed E-state index contributed by atoms with van der Waals surface area (Å²) in [5.41, 5.74) is -0.825. The fourth-order valence-corrected chi connectivity index (χ4v) is 4.97. The first kappa shape index (κ1) is 27.9. The van der Waals surface area contributed by atoms with E-state index in [-0.39, 0.29) is 38.1 Å².